The number of piperazine rings is 1. The Labute approximate surface area is 179 Å². The van der Waals surface area contributed by atoms with Crippen molar-refractivity contribution in [3.05, 3.63) is 90.0 Å². The molecule has 3 aromatic carbocycles. The van der Waals surface area contributed by atoms with Crippen LogP contribution >= 0.6 is 0 Å². The molecule has 0 atom stereocenters. The number of anilines is 1. The molecular formula is C26H30N2O2. The summed E-state index contributed by atoms with van der Waals surface area (Å²) in [7, 11) is 1.67. The van der Waals surface area contributed by atoms with Gasteiger partial charge in [0, 0.05) is 44.8 Å². The fourth-order valence-corrected chi connectivity index (χ4v) is 3.89. The summed E-state index contributed by atoms with van der Waals surface area (Å²) in [5, 5.41) is 0. The Morgan fingerprint density at radius 2 is 1.33 bits per heavy atom. The number of hydrogen-bond acceptors (Lipinski definition) is 4. The van der Waals surface area contributed by atoms with Crippen LogP contribution in [0.3, 0.4) is 0 Å². The zero-order valence-electron chi connectivity index (χ0n) is 17.7. The van der Waals surface area contributed by atoms with Gasteiger partial charge >= 0.3 is 0 Å². The van der Waals surface area contributed by atoms with Crippen LogP contribution in [0.25, 0.3) is 0 Å². The summed E-state index contributed by atoms with van der Waals surface area (Å²) < 4.78 is 11.2. The number of methoxy groups -OCH3 is 1. The summed E-state index contributed by atoms with van der Waals surface area (Å²) in [6.07, 6.45) is 0.883. The van der Waals surface area contributed by atoms with Crippen molar-refractivity contribution in [1.82, 2.24) is 4.90 Å². The molecule has 1 aliphatic rings. The molecule has 0 saturated carbocycles. The Hall–Kier alpha value is -2.98. The van der Waals surface area contributed by atoms with E-state index in [0.29, 0.717) is 6.61 Å². The fourth-order valence-electron chi connectivity index (χ4n) is 3.89. The minimum Gasteiger partial charge on any atom is -0.493 e. The van der Waals surface area contributed by atoms with Crippen LogP contribution in [0.5, 0.6) is 11.5 Å². The van der Waals surface area contributed by atoms with E-state index in [1.807, 2.05) is 24.3 Å². The Morgan fingerprint density at radius 1 is 0.700 bits per heavy atom. The van der Waals surface area contributed by atoms with Crippen molar-refractivity contribution in [2.24, 2.45) is 0 Å². The topological polar surface area (TPSA) is 24.9 Å². The van der Waals surface area contributed by atoms with Gasteiger partial charge < -0.3 is 14.4 Å². The summed E-state index contributed by atoms with van der Waals surface area (Å²) in [6, 6.07) is 27.4. The number of nitrogens with zero attached hydrogens (tertiary/aromatic N) is 2. The summed E-state index contributed by atoms with van der Waals surface area (Å²) in [5.74, 6) is 1.58. The van der Waals surface area contributed by atoms with Crippen LogP contribution < -0.4 is 14.4 Å². The zero-order valence-corrected chi connectivity index (χ0v) is 17.7. The van der Waals surface area contributed by atoms with Gasteiger partial charge in [0.1, 0.15) is 0 Å². The first-order valence-corrected chi connectivity index (χ1v) is 10.7. The van der Waals surface area contributed by atoms with Gasteiger partial charge in [0.05, 0.1) is 13.7 Å². The van der Waals surface area contributed by atoms with Gasteiger partial charge in [-0.05, 0) is 35.4 Å². The van der Waals surface area contributed by atoms with Crippen LogP contribution in [0.15, 0.2) is 78.9 Å². The van der Waals surface area contributed by atoms with E-state index in [4.69, 9.17) is 9.47 Å². The number of para-hydroxylation sites is 3. The third kappa shape index (κ3) is 5.33. The van der Waals surface area contributed by atoms with Crippen molar-refractivity contribution in [3.8, 4) is 11.5 Å². The minimum absolute atomic E-state index is 0.640. The molecule has 0 amide bonds. The highest BCUT2D eigenvalue weighted by molar-refractivity contribution is 5.46. The molecule has 1 aliphatic heterocycles. The second-order valence-corrected chi connectivity index (χ2v) is 7.66. The predicted molar refractivity (Wildman–Crippen MR) is 123 cm³/mol. The van der Waals surface area contributed by atoms with Gasteiger partial charge in [-0.2, -0.15) is 0 Å². The molecule has 1 saturated heterocycles. The number of benzene rings is 3. The van der Waals surface area contributed by atoms with E-state index in [2.05, 4.69) is 64.4 Å². The van der Waals surface area contributed by atoms with Crippen molar-refractivity contribution >= 4 is 5.69 Å². The average Bonchev–Trinajstić information content (AvgIpc) is 2.82. The van der Waals surface area contributed by atoms with E-state index in [0.717, 1.165) is 50.6 Å². The minimum atomic E-state index is 0.640. The molecule has 4 heteroatoms. The lowest BCUT2D eigenvalue weighted by atomic mass is 10.1. The fraction of sp³-hybridized carbons (Fsp3) is 0.308. The lowest BCUT2D eigenvalue weighted by molar-refractivity contribution is 0.250. The molecule has 0 aromatic heterocycles. The maximum absolute atomic E-state index is 5.89. The molecule has 0 spiro atoms. The van der Waals surface area contributed by atoms with Gasteiger partial charge in [-0.25, -0.2) is 0 Å². The number of rotatable bonds is 8. The SMILES string of the molecule is COc1ccccc1OCCc1ccc(CN2CCN(c3ccccc3)CC2)cc1. The number of hydrogen-bond donors (Lipinski definition) is 0. The normalized spacial score (nSPS) is 14.5. The van der Waals surface area contributed by atoms with Crippen molar-refractivity contribution in [2.75, 3.05) is 44.8 Å². The molecule has 4 rings (SSSR count). The maximum atomic E-state index is 5.89. The average molecular weight is 403 g/mol. The summed E-state index contributed by atoms with van der Waals surface area (Å²) in [6.45, 7) is 6.03. The summed E-state index contributed by atoms with van der Waals surface area (Å²) in [5.41, 5.74) is 4.00. The standard InChI is InChI=1S/C26H30N2O2/c1-29-25-9-5-6-10-26(25)30-20-15-22-11-13-23(14-12-22)21-27-16-18-28(19-17-27)24-7-3-2-4-8-24/h2-14H,15-21H2,1H3. The van der Waals surface area contributed by atoms with Gasteiger partial charge in [0.25, 0.3) is 0 Å². The first-order valence-electron chi connectivity index (χ1n) is 10.7. The highest BCUT2D eigenvalue weighted by Gasteiger charge is 2.17. The highest BCUT2D eigenvalue weighted by Crippen LogP contribution is 2.26. The van der Waals surface area contributed by atoms with Gasteiger partial charge in [0.15, 0.2) is 11.5 Å². The van der Waals surface area contributed by atoms with Crippen molar-refractivity contribution in [1.29, 1.82) is 0 Å². The molecule has 3 aromatic rings. The van der Waals surface area contributed by atoms with E-state index in [9.17, 15) is 0 Å². The van der Waals surface area contributed by atoms with E-state index >= 15 is 0 Å². The molecule has 0 bridgehead atoms. The molecule has 1 fully saturated rings. The number of ether oxygens (including phenoxy) is 2. The summed E-state index contributed by atoms with van der Waals surface area (Å²) >= 11 is 0. The third-order valence-corrected chi connectivity index (χ3v) is 5.64. The summed E-state index contributed by atoms with van der Waals surface area (Å²) in [4.78, 5) is 5.01. The lowest BCUT2D eigenvalue weighted by Crippen LogP contribution is -2.45. The monoisotopic (exact) mass is 402 g/mol. The van der Waals surface area contributed by atoms with Crippen LogP contribution in [-0.2, 0) is 13.0 Å². The van der Waals surface area contributed by atoms with Crippen LogP contribution in [0.1, 0.15) is 11.1 Å². The van der Waals surface area contributed by atoms with E-state index in [1.54, 1.807) is 7.11 Å². The first-order chi connectivity index (χ1) is 14.8. The second kappa shape index (κ2) is 10.2. The molecule has 0 N–H and O–H groups in total. The molecule has 30 heavy (non-hydrogen) atoms. The Kier molecular flexibility index (Phi) is 6.88. The molecule has 0 aliphatic carbocycles. The molecule has 1 heterocycles. The van der Waals surface area contributed by atoms with Crippen molar-refractivity contribution < 1.29 is 9.47 Å². The van der Waals surface area contributed by atoms with Gasteiger partial charge in [0.2, 0.25) is 0 Å². The molecule has 0 unspecified atom stereocenters. The first kappa shape index (κ1) is 20.3. The van der Waals surface area contributed by atoms with Gasteiger partial charge in [-0.15, -0.1) is 0 Å². The third-order valence-electron chi connectivity index (χ3n) is 5.64. The van der Waals surface area contributed by atoms with Crippen LogP contribution in [-0.4, -0.2) is 44.8 Å². The van der Waals surface area contributed by atoms with E-state index in [-0.39, 0.29) is 0 Å². The van der Waals surface area contributed by atoms with Gasteiger partial charge in [-0.3, -0.25) is 4.90 Å². The van der Waals surface area contributed by atoms with E-state index < -0.39 is 0 Å². The second-order valence-electron chi connectivity index (χ2n) is 7.66. The lowest BCUT2D eigenvalue weighted by Gasteiger charge is -2.36. The molecule has 156 valence electrons. The maximum Gasteiger partial charge on any atom is 0.161 e. The Balaban J connectivity index is 1.22. The molecule has 0 radical (unpaired) electrons. The largest absolute Gasteiger partial charge is 0.493 e. The van der Waals surface area contributed by atoms with Crippen LogP contribution in [0.2, 0.25) is 0 Å². The van der Waals surface area contributed by atoms with Crippen LogP contribution in [0, 0.1) is 0 Å². The van der Waals surface area contributed by atoms with Gasteiger partial charge in [-0.1, -0.05) is 54.6 Å². The smallest absolute Gasteiger partial charge is 0.161 e. The highest BCUT2D eigenvalue weighted by atomic mass is 16.5. The molecular weight excluding hydrogens is 372 g/mol. The van der Waals surface area contributed by atoms with Crippen molar-refractivity contribution in [2.45, 2.75) is 13.0 Å². The molecule has 4 nitrogen and oxygen atoms in total. The zero-order chi connectivity index (χ0) is 20.6. The predicted octanol–water partition coefficient (Wildman–Crippen LogP) is 4.64. The quantitative estimate of drug-likeness (QED) is 0.548. The van der Waals surface area contributed by atoms with E-state index in [1.165, 1.54) is 16.8 Å². The Morgan fingerprint density at radius 3 is 2.03 bits per heavy atom. The van der Waals surface area contributed by atoms with Crippen LogP contribution in [0.4, 0.5) is 5.69 Å². The van der Waals surface area contributed by atoms with Crippen molar-refractivity contribution in [3.63, 3.8) is 0 Å². The Bertz CT molecular complexity index is 904.